The van der Waals surface area contributed by atoms with Crippen LogP contribution in [0.3, 0.4) is 0 Å². The molecule has 6 rings (SSSR count). The third-order valence-electron chi connectivity index (χ3n) is 6.85. The molecule has 2 saturated heterocycles. The number of halogens is 2. The normalized spacial score (nSPS) is 26.8. The van der Waals surface area contributed by atoms with Crippen LogP contribution in [0.1, 0.15) is 23.5 Å². The zero-order valence-corrected chi connectivity index (χ0v) is 20.8. The van der Waals surface area contributed by atoms with E-state index in [0.717, 1.165) is 18.4 Å². The zero-order valence-electron chi connectivity index (χ0n) is 20.0. The average molecular weight is 533 g/mol. The van der Waals surface area contributed by atoms with Gasteiger partial charge in [0.05, 0.1) is 30.4 Å². The molecule has 0 amide bonds. The first-order valence-corrected chi connectivity index (χ1v) is 12.5. The molecule has 0 radical (unpaired) electrons. The Hall–Kier alpha value is -2.83. The van der Waals surface area contributed by atoms with Gasteiger partial charge in [-0.05, 0) is 36.1 Å². The van der Waals surface area contributed by atoms with Gasteiger partial charge in [0.1, 0.15) is 36.5 Å². The number of H-pyrrole nitrogens is 1. The van der Waals surface area contributed by atoms with Crippen molar-refractivity contribution in [2.45, 2.75) is 43.2 Å². The van der Waals surface area contributed by atoms with Gasteiger partial charge in [0.15, 0.2) is 17.6 Å². The molecule has 1 aliphatic carbocycles. The van der Waals surface area contributed by atoms with Crippen LogP contribution in [-0.4, -0.2) is 84.2 Å². The van der Waals surface area contributed by atoms with Gasteiger partial charge in [0.2, 0.25) is 0 Å². The number of hydrogen-bond acceptors (Lipinski definition) is 9. The van der Waals surface area contributed by atoms with Crippen LogP contribution in [0.25, 0.3) is 11.2 Å². The Morgan fingerprint density at radius 2 is 2.08 bits per heavy atom. The monoisotopic (exact) mass is 532 g/mol. The molecule has 2 N–H and O–H groups in total. The number of pyridine rings is 1. The maximum absolute atomic E-state index is 14.9. The van der Waals surface area contributed by atoms with Gasteiger partial charge in [-0.15, -0.1) is 0 Å². The summed E-state index contributed by atoms with van der Waals surface area (Å²) in [5, 5.41) is 10.2. The maximum atomic E-state index is 14.9. The van der Waals surface area contributed by atoms with Crippen molar-refractivity contribution in [3.8, 4) is 11.8 Å². The molecule has 196 valence electrons. The number of fused-ring (bicyclic) bond motifs is 3. The number of aliphatic hydroxyl groups excluding tert-OH is 1. The summed E-state index contributed by atoms with van der Waals surface area (Å²) in [6.07, 6.45) is 1.30. The molecular weight excluding hydrogens is 507 g/mol. The zero-order chi connectivity index (χ0) is 25.5. The van der Waals surface area contributed by atoms with E-state index in [9.17, 15) is 9.50 Å². The smallest absolute Gasteiger partial charge is 0.296 e. The fraction of sp³-hybridized carbons (Fsp3) is 0.480. The van der Waals surface area contributed by atoms with Crippen LogP contribution in [-0.2, 0) is 20.6 Å². The van der Waals surface area contributed by atoms with Gasteiger partial charge < -0.3 is 33.8 Å². The SMILES string of the molecule is COCCOc1cc(F)c2c(c1)CCC2/C=N/c1nc2nc(O[C@@H]3CO[C@H]4C3OC[C@H]4O)[nH]c2cc1Cl. The van der Waals surface area contributed by atoms with Gasteiger partial charge in [-0.3, -0.25) is 0 Å². The van der Waals surface area contributed by atoms with E-state index >= 15 is 0 Å². The fourth-order valence-corrected chi connectivity index (χ4v) is 5.28. The van der Waals surface area contributed by atoms with Crippen molar-refractivity contribution >= 4 is 34.8 Å². The van der Waals surface area contributed by atoms with Crippen molar-refractivity contribution in [3.63, 3.8) is 0 Å². The van der Waals surface area contributed by atoms with Crippen molar-refractivity contribution in [2.75, 3.05) is 33.5 Å². The highest BCUT2D eigenvalue weighted by molar-refractivity contribution is 6.33. The second-order valence-electron chi connectivity index (χ2n) is 9.27. The number of aromatic nitrogens is 3. The van der Waals surface area contributed by atoms with Crippen molar-refractivity contribution in [1.29, 1.82) is 0 Å². The molecule has 0 bridgehead atoms. The number of ether oxygens (including phenoxy) is 5. The summed E-state index contributed by atoms with van der Waals surface area (Å²) < 4.78 is 42.6. The Bertz CT molecular complexity index is 1340. The van der Waals surface area contributed by atoms with Crippen LogP contribution >= 0.6 is 11.6 Å². The van der Waals surface area contributed by atoms with E-state index in [1.807, 2.05) is 6.07 Å². The second kappa shape index (κ2) is 10.1. The molecule has 2 aromatic heterocycles. The molecule has 10 nitrogen and oxygen atoms in total. The van der Waals surface area contributed by atoms with Gasteiger partial charge in [0, 0.05) is 25.3 Å². The molecule has 0 spiro atoms. The molecule has 12 heteroatoms. The van der Waals surface area contributed by atoms with Crippen LogP contribution in [0.5, 0.6) is 11.8 Å². The van der Waals surface area contributed by atoms with Crippen LogP contribution in [0.15, 0.2) is 23.2 Å². The number of hydrogen-bond donors (Lipinski definition) is 2. The molecule has 4 heterocycles. The molecule has 2 aliphatic heterocycles. The number of imidazole rings is 1. The van der Waals surface area contributed by atoms with Crippen molar-refractivity contribution in [1.82, 2.24) is 15.0 Å². The Morgan fingerprint density at radius 1 is 1.22 bits per heavy atom. The van der Waals surface area contributed by atoms with Gasteiger partial charge in [-0.2, -0.15) is 4.98 Å². The van der Waals surface area contributed by atoms with E-state index in [1.54, 1.807) is 19.4 Å². The first-order chi connectivity index (χ1) is 18.0. The van der Waals surface area contributed by atoms with E-state index in [2.05, 4.69) is 19.9 Å². The minimum atomic E-state index is -0.660. The number of aryl methyl sites for hydroxylation is 1. The summed E-state index contributed by atoms with van der Waals surface area (Å²) >= 11 is 6.44. The molecule has 0 saturated carbocycles. The molecular formula is C25H26ClFN4O6. The van der Waals surface area contributed by atoms with Gasteiger partial charge >= 0.3 is 0 Å². The van der Waals surface area contributed by atoms with Gasteiger partial charge in [0.25, 0.3) is 6.01 Å². The fourth-order valence-electron chi connectivity index (χ4n) is 5.08. The lowest BCUT2D eigenvalue weighted by molar-refractivity contribution is 0.00706. The Balaban J connectivity index is 1.17. The van der Waals surface area contributed by atoms with Crippen LogP contribution in [0, 0.1) is 5.82 Å². The van der Waals surface area contributed by atoms with Gasteiger partial charge in [-0.1, -0.05) is 11.6 Å². The summed E-state index contributed by atoms with van der Waals surface area (Å²) in [6, 6.07) is 5.19. The third kappa shape index (κ3) is 4.77. The third-order valence-corrected chi connectivity index (χ3v) is 7.13. The van der Waals surface area contributed by atoms with Crippen molar-refractivity contribution in [2.24, 2.45) is 4.99 Å². The molecule has 37 heavy (non-hydrogen) atoms. The lowest BCUT2D eigenvalue weighted by Gasteiger charge is -2.15. The van der Waals surface area contributed by atoms with E-state index < -0.39 is 18.3 Å². The highest BCUT2D eigenvalue weighted by atomic mass is 35.5. The van der Waals surface area contributed by atoms with Gasteiger partial charge in [-0.25, -0.2) is 14.4 Å². The van der Waals surface area contributed by atoms with Crippen LogP contribution in [0.4, 0.5) is 10.2 Å². The topological polar surface area (TPSA) is 120 Å². The number of nitrogens with one attached hydrogen (secondary N) is 1. The molecule has 3 aliphatic rings. The second-order valence-corrected chi connectivity index (χ2v) is 9.68. The van der Waals surface area contributed by atoms with E-state index in [4.69, 9.17) is 35.3 Å². The first-order valence-electron chi connectivity index (χ1n) is 12.1. The predicted octanol–water partition coefficient (Wildman–Crippen LogP) is 3.11. The minimum Gasteiger partial charge on any atom is -0.491 e. The van der Waals surface area contributed by atoms with E-state index in [0.29, 0.717) is 40.7 Å². The van der Waals surface area contributed by atoms with Crippen molar-refractivity contribution in [3.05, 3.63) is 40.2 Å². The summed E-state index contributed by atoms with van der Waals surface area (Å²) in [4.78, 5) is 16.4. The number of rotatable bonds is 8. The number of methoxy groups -OCH3 is 1. The van der Waals surface area contributed by atoms with E-state index in [1.165, 1.54) is 6.07 Å². The largest absolute Gasteiger partial charge is 0.491 e. The summed E-state index contributed by atoms with van der Waals surface area (Å²) in [5.41, 5.74) is 2.49. The number of aliphatic imine (C=N–C) groups is 1. The Kier molecular flexibility index (Phi) is 6.72. The number of benzene rings is 1. The summed E-state index contributed by atoms with van der Waals surface area (Å²) in [5.74, 6) is 0.256. The molecule has 3 aromatic rings. The average Bonchev–Trinajstić information content (AvgIpc) is 3.64. The van der Waals surface area contributed by atoms with Crippen LogP contribution < -0.4 is 9.47 Å². The molecule has 2 unspecified atom stereocenters. The van der Waals surface area contributed by atoms with Crippen LogP contribution in [0.2, 0.25) is 5.02 Å². The van der Waals surface area contributed by atoms with Crippen molar-refractivity contribution < 1.29 is 33.2 Å². The molecule has 2 fully saturated rings. The quantitative estimate of drug-likeness (QED) is 0.335. The highest BCUT2D eigenvalue weighted by Gasteiger charge is 2.48. The standard InChI is InChI=1S/C25H26ClFN4O6/c1-33-4-5-34-14-6-12-2-3-13(20(12)16(27)7-14)9-28-23-15(26)8-17-24(30-23)31-25(29-17)37-19-11-36-21-18(32)10-35-22(19)21/h6-9,13,18-19,21-22,32H,2-5,10-11H2,1H3,(H,29,30,31)/b28-9+/t13?,18-,19-,21-,22?/m1/s1. The Labute approximate surface area is 216 Å². The molecule has 1 aromatic carbocycles. The highest BCUT2D eigenvalue weighted by Crippen LogP contribution is 2.37. The van der Waals surface area contributed by atoms with E-state index in [-0.39, 0.29) is 42.9 Å². The summed E-state index contributed by atoms with van der Waals surface area (Å²) in [7, 11) is 1.59. The lowest BCUT2D eigenvalue weighted by Crippen LogP contribution is -2.34. The lowest BCUT2D eigenvalue weighted by atomic mass is 10.0. The number of nitrogens with zero attached hydrogens (tertiary/aromatic N) is 3. The predicted molar refractivity (Wildman–Crippen MR) is 132 cm³/mol. The number of aliphatic hydroxyl groups is 1. The Morgan fingerprint density at radius 3 is 2.95 bits per heavy atom. The minimum absolute atomic E-state index is 0.202. The maximum Gasteiger partial charge on any atom is 0.296 e. The first kappa shape index (κ1) is 24.5. The molecule has 5 atom stereocenters. The number of aromatic amines is 1. The summed E-state index contributed by atoms with van der Waals surface area (Å²) in [6.45, 7) is 1.29.